The molecule has 0 amide bonds. The fraction of sp³-hybridized carbons (Fsp3) is 0.562. The van der Waals surface area contributed by atoms with Gasteiger partial charge in [0, 0.05) is 6.54 Å². The molecule has 21 heavy (non-hydrogen) atoms. The lowest BCUT2D eigenvalue weighted by molar-refractivity contribution is -0.142. The van der Waals surface area contributed by atoms with Gasteiger partial charge in [-0.25, -0.2) is 0 Å². The highest BCUT2D eigenvalue weighted by Crippen LogP contribution is 2.39. The maximum atomic E-state index is 11.6. The SMILES string of the molecule is CCOC(=O)CCN1CC(C(C)C)Oc2cccc(N)c21. The van der Waals surface area contributed by atoms with Gasteiger partial charge in [0.15, 0.2) is 0 Å². The molecule has 0 spiro atoms. The van der Waals surface area contributed by atoms with Gasteiger partial charge in [0.1, 0.15) is 17.5 Å². The Labute approximate surface area is 126 Å². The molecule has 1 aliphatic heterocycles. The van der Waals surface area contributed by atoms with Crippen LogP contribution in [-0.2, 0) is 9.53 Å². The average molecular weight is 292 g/mol. The zero-order chi connectivity index (χ0) is 15.4. The van der Waals surface area contributed by atoms with E-state index in [4.69, 9.17) is 15.2 Å². The summed E-state index contributed by atoms with van der Waals surface area (Å²) in [4.78, 5) is 13.7. The number of esters is 1. The van der Waals surface area contributed by atoms with Gasteiger partial charge in [0.25, 0.3) is 0 Å². The number of nitrogens with two attached hydrogens (primary N) is 1. The zero-order valence-corrected chi connectivity index (χ0v) is 13.0. The fourth-order valence-corrected chi connectivity index (χ4v) is 2.49. The van der Waals surface area contributed by atoms with Crippen molar-refractivity contribution in [3.05, 3.63) is 18.2 Å². The molecule has 116 valence electrons. The summed E-state index contributed by atoms with van der Waals surface area (Å²) in [5.74, 6) is 1.01. The summed E-state index contributed by atoms with van der Waals surface area (Å²) >= 11 is 0. The lowest BCUT2D eigenvalue weighted by Crippen LogP contribution is -2.44. The Balaban J connectivity index is 2.17. The molecule has 0 saturated heterocycles. The monoisotopic (exact) mass is 292 g/mol. The van der Waals surface area contributed by atoms with Crippen LogP contribution < -0.4 is 15.4 Å². The molecule has 1 heterocycles. The van der Waals surface area contributed by atoms with Gasteiger partial charge in [-0.2, -0.15) is 0 Å². The predicted molar refractivity (Wildman–Crippen MR) is 83.6 cm³/mol. The van der Waals surface area contributed by atoms with Crippen LogP contribution in [0.3, 0.4) is 0 Å². The van der Waals surface area contributed by atoms with Crippen LogP contribution in [0.15, 0.2) is 18.2 Å². The number of rotatable bonds is 5. The molecule has 5 nitrogen and oxygen atoms in total. The van der Waals surface area contributed by atoms with E-state index in [1.165, 1.54) is 0 Å². The Bertz CT molecular complexity index is 502. The largest absolute Gasteiger partial charge is 0.486 e. The molecular weight excluding hydrogens is 268 g/mol. The van der Waals surface area contributed by atoms with Crippen molar-refractivity contribution in [2.75, 3.05) is 30.3 Å². The number of para-hydroxylation sites is 1. The predicted octanol–water partition coefficient (Wildman–Crippen LogP) is 2.45. The Morgan fingerprint density at radius 2 is 2.29 bits per heavy atom. The van der Waals surface area contributed by atoms with Gasteiger partial charge >= 0.3 is 5.97 Å². The van der Waals surface area contributed by atoms with Gasteiger partial charge < -0.3 is 20.1 Å². The Kier molecular flexibility index (Phi) is 4.94. The first-order valence-electron chi connectivity index (χ1n) is 7.48. The van der Waals surface area contributed by atoms with Crippen LogP contribution in [0, 0.1) is 5.92 Å². The minimum atomic E-state index is -0.179. The third-order valence-corrected chi connectivity index (χ3v) is 3.66. The third kappa shape index (κ3) is 3.60. The summed E-state index contributed by atoms with van der Waals surface area (Å²) in [5.41, 5.74) is 7.65. The molecular formula is C16H24N2O3. The number of anilines is 2. The number of ether oxygens (including phenoxy) is 2. The summed E-state index contributed by atoms with van der Waals surface area (Å²) in [5, 5.41) is 0. The molecule has 1 atom stereocenters. The van der Waals surface area contributed by atoms with Gasteiger partial charge in [-0.05, 0) is 25.0 Å². The van der Waals surface area contributed by atoms with Crippen LogP contribution in [-0.4, -0.2) is 31.8 Å². The van der Waals surface area contributed by atoms with E-state index >= 15 is 0 Å². The van der Waals surface area contributed by atoms with Crippen molar-refractivity contribution in [3.8, 4) is 5.75 Å². The van der Waals surface area contributed by atoms with Crippen molar-refractivity contribution in [2.24, 2.45) is 5.92 Å². The first-order chi connectivity index (χ1) is 10.0. The quantitative estimate of drug-likeness (QED) is 0.667. The highest BCUT2D eigenvalue weighted by Gasteiger charge is 2.29. The third-order valence-electron chi connectivity index (χ3n) is 3.66. The van der Waals surface area contributed by atoms with Crippen molar-refractivity contribution < 1.29 is 14.3 Å². The van der Waals surface area contributed by atoms with Gasteiger partial charge in [-0.1, -0.05) is 19.9 Å². The molecule has 0 saturated carbocycles. The number of carbonyl (C=O) groups excluding carboxylic acids is 1. The van der Waals surface area contributed by atoms with Crippen LogP contribution >= 0.6 is 0 Å². The van der Waals surface area contributed by atoms with Gasteiger partial charge in [0.05, 0.1) is 25.3 Å². The molecule has 5 heteroatoms. The Morgan fingerprint density at radius 3 is 2.95 bits per heavy atom. The number of hydrogen-bond donors (Lipinski definition) is 1. The normalized spacial score (nSPS) is 17.3. The van der Waals surface area contributed by atoms with Crippen LogP contribution in [0.1, 0.15) is 27.2 Å². The molecule has 0 fully saturated rings. The second kappa shape index (κ2) is 6.70. The smallest absolute Gasteiger partial charge is 0.307 e. The van der Waals surface area contributed by atoms with Crippen molar-refractivity contribution in [3.63, 3.8) is 0 Å². The van der Waals surface area contributed by atoms with Crippen LogP contribution in [0.25, 0.3) is 0 Å². The molecule has 1 aliphatic rings. The second-order valence-corrected chi connectivity index (χ2v) is 5.60. The number of benzene rings is 1. The minimum absolute atomic E-state index is 0.0986. The molecule has 1 unspecified atom stereocenters. The average Bonchev–Trinajstić information content (AvgIpc) is 2.45. The highest BCUT2D eigenvalue weighted by atomic mass is 16.5. The van der Waals surface area contributed by atoms with Crippen molar-refractivity contribution in [2.45, 2.75) is 33.3 Å². The first kappa shape index (κ1) is 15.5. The summed E-state index contributed by atoms with van der Waals surface area (Å²) in [6, 6.07) is 5.67. The van der Waals surface area contributed by atoms with E-state index in [1.807, 2.05) is 25.1 Å². The summed E-state index contributed by atoms with van der Waals surface area (Å²) in [6.07, 6.45) is 0.452. The Hall–Kier alpha value is -1.91. The molecule has 2 N–H and O–H groups in total. The topological polar surface area (TPSA) is 64.8 Å². The first-order valence-corrected chi connectivity index (χ1v) is 7.48. The standard InChI is InChI=1S/C16H24N2O3/c1-4-20-15(19)8-9-18-10-14(11(2)3)21-13-7-5-6-12(17)16(13)18/h5-7,11,14H,4,8-10,17H2,1-3H3. The summed E-state index contributed by atoms with van der Waals surface area (Å²) < 4.78 is 11.0. The second-order valence-electron chi connectivity index (χ2n) is 5.60. The van der Waals surface area contributed by atoms with E-state index in [9.17, 15) is 4.79 Å². The van der Waals surface area contributed by atoms with Gasteiger partial charge in [-0.15, -0.1) is 0 Å². The fourth-order valence-electron chi connectivity index (χ4n) is 2.49. The van der Waals surface area contributed by atoms with Gasteiger partial charge in [-0.3, -0.25) is 4.79 Å². The number of hydrogen-bond acceptors (Lipinski definition) is 5. The van der Waals surface area contributed by atoms with Crippen molar-refractivity contribution in [1.29, 1.82) is 0 Å². The lowest BCUT2D eigenvalue weighted by Gasteiger charge is -2.38. The van der Waals surface area contributed by atoms with Crippen LogP contribution in [0.5, 0.6) is 5.75 Å². The Morgan fingerprint density at radius 1 is 1.52 bits per heavy atom. The minimum Gasteiger partial charge on any atom is -0.486 e. The highest BCUT2D eigenvalue weighted by molar-refractivity contribution is 5.77. The van der Waals surface area contributed by atoms with E-state index < -0.39 is 0 Å². The van der Waals surface area contributed by atoms with E-state index in [-0.39, 0.29) is 12.1 Å². The van der Waals surface area contributed by atoms with E-state index in [2.05, 4.69) is 18.7 Å². The number of carbonyl (C=O) groups is 1. The number of nitrogens with zero attached hydrogens (tertiary/aromatic N) is 1. The molecule has 1 aromatic rings. The maximum Gasteiger partial charge on any atom is 0.307 e. The number of fused-ring (bicyclic) bond motifs is 1. The summed E-state index contributed by atoms with van der Waals surface area (Å²) in [7, 11) is 0. The van der Waals surface area contributed by atoms with Gasteiger partial charge in [0.2, 0.25) is 0 Å². The number of nitrogen functional groups attached to an aromatic ring is 1. The lowest BCUT2D eigenvalue weighted by atomic mass is 10.0. The molecule has 0 aliphatic carbocycles. The molecule has 0 radical (unpaired) electrons. The van der Waals surface area contributed by atoms with Crippen LogP contribution in [0.2, 0.25) is 0 Å². The zero-order valence-electron chi connectivity index (χ0n) is 13.0. The molecule has 2 rings (SSSR count). The van der Waals surface area contributed by atoms with Crippen molar-refractivity contribution in [1.82, 2.24) is 0 Å². The molecule has 1 aromatic carbocycles. The maximum absolute atomic E-state index is 11.6. The van der Waals surface area contributed by atoms with E-state index in [0.717, 1.165) is 18.0 Å². The van der Waals surface area contributed by atoms with E-state index in [1.54, 1.807) is 0 Å². The molecule has 0 bridgehead atoms. The molecule has 0 aromatic heterocycles. The van der Waals surface area contributed by atoms with E-state index in [0.29, 0.717) is 31.2 Å². The van der Waals surface area contributed by atoms with Crippen LogP contribution in [0.4, 0.5) is 11.4 Å². The summed E-state index contributed by atoms with van der Waals surface area (Å²) in [6.45, 7) is 7.81. The van der Waals surface area contributed by atoms with Crippen molar-refractivity contribution >= 4 is 17.3 Å².